The lowest BCUT2D eigenvalue weighted by Gasteiger charge is -2.34. The van der Waals surface area contributed by atoms with Crippen molar-refractivity contribution in [3.63, 3.8) is 0 Å². The average Bonchev–Trinajstić information content (AvgIpc) is 3.74. The van der Waals surface area contributed by atoms with Crippen LogP contribution < -0.4 is 16.3 Å². The number of aromatic nitrogens is 5. The summed E-state index contributed by atoms with van der Waals surface area (Å²) >= 11 is 0. The van der Waals surface area contributed by atoms with Gasteiger partial charge in [0.2, 0.25) is 17.8 Å². The van der Waals surface area contributed by atoms with Crippen LogP contribution in [0.3, 0.4) is 0 Å². The molecular formula is C46H58F3N9O5. The molecule has 8 rings (SSSR count). The van der Waals surface area contributed by atoms with Gasteiger partial charge in [-0.15, -0.1) is 0 Å². The molecule has 14 nitrogen and oxygen atoms in total. The highest BCUT2D eigenvalue weighted by Crippen LogP contribution is 2.39. The quantitative estimate of drug-likeness (QED) is 0.0782. The lowest BCUT2D eigenvalue weighted by atomic mass is 9.83. The third-order valence-electron chi connectivity index (χ3n) is 13.0. The molecule has 3 aromatic heterocycles. The van der Waals surface area contributed by atoms with Crippen LogP contribution in [0.15, 0.2) is 59.7 Å². The predicted molar refractivity (Wildman–Crippen MR) is 234 cm³/mol. The minimum absolute atomic E-state index is 0.111. The van der Waals surface area contributed by atoms with Gasteiger partial charge in [0.15, 0.2) is 0 Å². The maximum absolute atomic E-state index is 13.1. The Hall–Kier alpha value is -5.10. The Morgan fingerprint density at radius 1 is 0.937 bits per heavy atom. The summed E-state index contributed by atoms with van der Waals surface area (Å²) in [5.41, 5.74) is 5.48. The molecular weight excluding hydrogens is 816 g/mol. The van der Waals surface area contributed by atoms with Gasteiger partial charge in [-0.1, -0.05) is 30.3 Å². The van der Waals surface area contributed by atoms with E-state index in [0.717, 1.165) is 99.0 Å². The molecule has 0 unspecified atom stereocenters. The number of anilines is 1. The van der Waals surface area contributed by atoms with Gasteiger partial charge in [-0.25, -0.2) is 9.78 Å². The van der Waals surface area contributed by atoms with E-state index in [-0.39, 0.29) is 36.6 Å². The Balaban J connectivity index is 0.776. The van der Waals surface area contributed by atoms with E-state index < -0.39 is 30.1 Å². The molecule has 2 saturated heterocycles. The number of fused-ring (bicyclic) bond motifs is 2. The van der Waals surface area contributed by atoms with Crippen molar-refractivity contribution in [2.24, 2.45) is 7.05 Å². The first-order valence-corrected chi connectivity index (χ1v) is 22.3. The summed E-state index contributed by atoms with van der Waals surface area (Å²) in [5, 5.41) is 16.5. The molecule has 0 bridgehead atoms. The van der Waals surface area contributed by atoms with Crippen LogP contribution in [0.25, 0.3) is 33.2 Å². The van der Waals surface area contributed by atoms with Gasteiger partial charge in [-0.3, -0.25) is 28.9 Å². The number of carbonyl (C=O) groups excluding carboxylic acids is 2. The number of benzene rings is 2. The fourth-order valence-electron chi connectivity index (χ4n) is 9.33. The van der Waals surface area contributed by atoms with E-state index in [1.807, 2.05) is 25.1 Å². The zero-order valence-corrected chi connectivity index (χ0v) is 36.1. The van der Waals surface area contributed by atoms with E-state index in [9.17, 15) is 32.7 Å². The van der Waals surface area contributed by atoms with Gasteiger partial charge < -0.3 is 24.6 Å². The molecule has 17 heteroatoms. The van der Waals surface area contributed by atoms with Gasteiger partial charge in [0.1, 0.15) is 11.7 Å². The molecule has 3 N–H and O–H groups in total. The van der Waals surface area contributed by atoms with Crippen LogP contribution in [0.5, 0.6) is 0 Å². The number of imidazole rings is 1. The van der Waals surface area contributed by atoms with E-state index in [1.54, 1.807) is 17.8 Å². The molecule has 0 radical (unpaired) electrons. The number of aryl methyl sites for hydroxylation is 2. The second-order valence-electron chi connectivity index (χ2n) is 17.8. The molecule has 1 atom stereocenters. The first kappa shape index (κ1) is 44.5. The Bertz CT molecular complexity index is 2460. The molecule has 0 spiro atoms. The summed E-state index contributed by atoms with van der Waals surface area (Å²) < 4.78 is 49.6. The largest absolute Gasteiger partial charge is 0.390 e. The van der Waals surface area contributed by atoms with Crippen molar-refractivity contribution in [2.45, 2.75) is 102 Å². The fraction of sp³-hybridized carbons (Fsp3) is 0.543. The third-order valence-corrected chi connectivity index (χ3v) is 13.0. The summed E-state index contributed by atoms with van der Waals surface area (Å²) in [4.78, 5) is 51.3. The van der Waals surface area contributed by atoms with Crippen molar-refractivity contribution in [1.29, 1.82) is 0 Å². The monoisotopic (exact) mass is 873 g/mol. The van der Waals surface area contributed by atoms with Crippen LogP contribution in [0.1, 0.15) is 87.9 Å². The molecule has 1 saturated carbocycles. The summed E-state index contributed by atoms with van der Waals surface area (Å²) in [6.07, 6.45) is 4.56. The van der Waals surface area contributed by atoms with Crippen LogP contribution in [-0.4, -0.2) is 115 Å². The summed E-state index contributed by atoms with van der Waals surface area (Å²) in [7, 11) is 1.71. The number of amides is 2. The number of alkyl halides is 3. The van der Waals surface area contributed by atoms with Crippen LogP contribution >= 0.6 is 0 Å². The summed E-state index contributed by atoms with van der Waals surface area (Å²) in [6.45, 7) is 8.70. The normalized spacial score (nSPS) is 21.7. The van der Waals surface area contributed by atoms with Gasteiger partial charge >= 0.3 is 11.9 Å². The Morgan fingerprint density at radius 3 is 2.38 bits per heavy atom. The molecule has 3 fully saturated rings. The Morgan fingerprint density at radius 2 is 1.65 bits per heavy atom. The number of rotatable bonds is 16. The third kappa shape index (κ3) is 10.6. The van der Waals surface area contributed by atoms with Crippen molar-refractivity contribution in [3.05, 3.63) is 76.5 Å². The van der Waals surface area contributed by atoms with Gasteiger partial charge in [0.05, 0.1) is 23.1 Å². The highest BCUT2D eigenvalue weighted by molar-refractivity contribution is 6.00. The van der Waals surface area contributed by atoms with Gasteiger partial charge in [-0.05, 0) is 87.1 Å². The topological polar surface area (TPSA) is 152 Å². The number of piperidine rings is 1. The highest BCUT2D eigenvalue weighted by atomic mass is 19.4. The van der Waals surface area contributed by atoms with Crippen molar-refractivity contribution in [1.82, 2.24) is 38.8 Å². The molecule has 2 amide bonds. The van der Waals surface area contributed by atoms with Gasteiger partial charge in [0, 0.05) is 102 Å². The first-order valence-electron chi connectivity index (χ1n) is 22.3. The maximum Gasteiger partial charge on any atom is 0.390 e. The van der Waals surface area contributed by atoms with Crippen molar-refractivity contribution in [2.75, 3.05) is 57.8 Å². The molecule has 5 heterocycles. The number of hydrogen-bond acceptors (Lipinski definition) is 10. The molecule has 2 aromatic carbocycles. The maximum atomic E-state index is 13.1. The summed E-state index contributed by atoms with van der Waals surface area (Å²) in [6, 6.07) is 13.9. The van der Waals surface area contributed by atoms with E-state index in [0.29, 0.717) is 43.6 Å². The highest BCUT2D eigenvalue weighted by Gasteiger charge is 2.33. The number of ether oxygens (including phenoxy) is 1. The number of nitrogens with zero attached hydrogens (tertiary/aromatic N) is 7. The first-order chi connectivity index (χ1) is 30.2. The molecule has 1 aliphatic carbocycles. The molecule has 2 aliphatic heterocycles. The number of imide groups is 1. The number of aliphatic hydroxyl groups is 1. The number of halogens is 3. The number of piperazine rings is 1. The van der Waals surface area contributed by atoms with Crippen LogP contribution in [-0.2, 0) is 34.3 Å². The lowest BCUT2D eigenvalue weighted by molar-refractivity contribution is -0.136. The van der Waals surface area contributed by atoms with Crippen molar-refractivity contribution >= 4 is 39.8 Å². The molecule has 3 aliphatic rings. The Kier molecular flexibility index (Phi) is 13.4. The van der Waals surface area contributed by atoms with Crippen LogP contribution in [0, 0.1) is 0 Å². The lowest BCUT2D eigenvalue weighted by Crippen LogP contribution is -2.46. The van der Waals surface area contributed by atoms with E-state index >= 15 is 0 Å². The van der Waals surface area contributed by atoms with Crippen molar-refractivity contribution in [3.8, 4) is 11.1 Å². The fourth-order valence-corrected chi connectivity index (χ4v) is 9.33. The number of hydrogen-bond donors (Lipinski definition) is 3. The summed E-state index contributed by atoms with van der Waals surface area (Å²) in [5.74, 6) is -0.574. The Labute approximate surface area is 364 Å². The molecule has 5 aromatic rings. The molecule has 63 heavy (non-hydrogen) atoms. The zero-order valence-electron chi connectivity index (χ0n) is 36.1. The van der Waals surface area contributed by atoms with E-state index in [1.165, 1.54) is 10.1 Å². The van der Waals surface area contributed by atoms with Gasteiger partial charge in [-0.2, -0.15) is 18.2 Å². The number of carbonyl (C=O) groups is 2. The van der Waals surface area contributed by atoms with Crippen molar-refractivity contribution < 1.29 is 32.6 Å². The minimum atomic E-state index is -4.27. The SMILES string of the molecule is Cn1c(=O)n([C@H]2CCC(=O)NC2=O)c2ccc(CCCOCCCN3CCN(Cc4ccc(-c5cn([C@H]6CC[C@](C)(O)CC6)c6nc(NCCC(F)(F)F)ncc56)cc4)CC3)cc21. The second kappa shape index (κ2) is 18.9. The van der Waals surface area contributed by atoms with E-state index in [4.69, 9.17) is 9.72 Å². The van der Waals surface area contributed by atoms with Crippen LogP contribution in [0.2, 0.25) is 0 Å². The van der Waals surface area contributed by atoms with E-state index in [2.05, 4.69) is 60.4 Å². The predicted octanol–water partition coefficient (Wildman–Crippen LogP) is 6.12. The zero-order chi connectivity index (χ0) is 44.3. The minimum Gasteiger partial charge on any atom is -0.390 e. The average molecular weight is 874 g/mol. The molecule has 338 valence electrons. The van der Waals surface area contributed by atoms with Crippen LogP contribution in [0.4, 0.5) is 19.1 Å². The standard InChI is InChI=1S/C46H58F3N9O5/c1-45(62)16-14-34(15-17-45)57-30-36(35-28-51-43(53-41(35)57)50-19-18-46(47,48)49)33-9-6-32(7-10-33)29-56-23-21-55(22-24-56)20-4-26-63-25-3-5-31-8-11-37-39(27-31)54(2)44(61)58(37)38-12-13-40(59)52-42(38)60/h6-11,27-28,30,34,38,62H,3-5,12-26,29H2,1-2H3,(H,50,51,53)(H,52,59,60)/t34-,38-,45-/m0/s1. The van der Waals surface area contributed by atoms with Gasteiger partial charge in [0.25, 0.3) is 0 Å². The number of nitrogens with one attached hydrogen (secondary N) is 2. The smallest absolute Gasteiger partial charge is 0.390 e. The second-order valence-corrected chi connectivity index (χ2v) is 17.8.